The molecule has 1 aromatic carbocycles. The lowest BCUT2D eigenvalue weighted by molar-refractivity contribution is -0.140. The molecule has 3 N–H and O–H groups in total. The van der Waals surface area contributed by atoms with Crippen molar-refractivity contribution < 1.29 is 13.9 Å². The summed E-state index contributed by atoms with van der Waals surface area (Å²) in [5.41, 5.74) is 5.03. The summed E-state index contributed by atoms with van der Waals surface area (Å²) in [7, 11) is 1.58. The van der Waals surface area contributed by atoms with E-state index in [4.69, 9.17) is 10.5 Å². The van der Waals surface area contributed by atoms with Gasteiger partial charge in [-0.1, -0.05) is 0 Å². The van der Waals surface area contributed by atoms with E-state index >= 15 is 0 Å². The fraction of sp³-hybridized carbons (Fsp3) is 0.579. The van der Waals surface area contributed by atoms with Crippen LogP contribution in [0.15, 0.2) is 23.2 Å². The Morgan fingerprint density at radius 2 is 2.12 bits per heavy atom. The normalized spacial score (nSPS) is 28.7. The van der Waals surface area contributed by atoms with Crippen molar-refractivity contribution in [3.63, 3.8) is 0 Å². The molecule has 1 amide bonds. The first-order chi connectivity index (χ1) is 12.2. The summed E-state index contributed by atoms with van der Waals surface area (Å²) in [6, 6.07) is 5.04. The molecular weight excluding hydrogens is 335 g/mol. The topological polar surface area (TPSA) is 80.0 Å². The molecule has 0 saturated carbocycles. The maximum absolute atomic E-state index is 14.8. The minimum atomic E-state index is -1.11. The molecule has 7 heteroatoms. The molecule has 3 rings (SSSR count). The highest BCUT2D eigenvalue weighted by Crippen LogP contribution is 2.47. The Hall–Kier alpha value is -2.15. The summed E-state index contributed by atoms with van der Waals surface area (Å²) in [5.74, 6) is -0.499. The Bertz CT molecular complexity index is 743. The summed E-state index contributed by atoms with van der Waals surface area (Å²) in [5, 5.41) is 3.40. The number of guanidine groups is 1. The number of halogens is 1. The maximum atomic E-state index is 14.8. The second-order valence-corrected chi connectivity index (χ2v) is 7.78. The molecule has 2 aliphatic heterocycles. The molecule has 0 radical (unpaired) electrons. The lowest BCUT2D eigenvalue weighted by Gasteiger charge is -2.46. The summed E-state index contributed by atoms with van der Waals surface area (Å²) in [6.07, 6.45) is 2.00. The van der Waals surface area contributed by atoms with Gasteiger partial charge in [0.05, 0.1) is 12.0 Å². The van der Waals surface area contributed by atoms with Crippen molar-refractivity contribution >= 4 is 17.6 Å². The molecule has 6 nitrogen and oxygen atoms in total. The lowest BCUT2D eigenvalue weighted by Crippen LogP contribution is -2.58. The van der Waals surface area contributed by atoms with Crippen LogP contribution < -0.4 is 11.1 Å². The van der Waals surface area contributed by atoms with Crippen LogP contribution in [-0.2, 0) is 15.1 Å². The number of nitrogens with one attached hydrogen (secondary N) is 1. The van der Waals surface area contributed by atoms with Gasteiger partial charge in [0.15, 0.2) is 5.96 Å². The molecule has 1 fully saturated rings. The molecule has 1 saturated heterocycles. The SMILES string of the molecule is CN1C(=O)C(C)(C)C(C)(c2cc(NC3CCCOC3)ccc2F)N=C1N. The van der Waals surface area contributed by atoms with Crippen molar-refractivity contribution in [1.82, 2.24) is 4.90 Å². The van der Waals surface area contributed by atoms with Crippen LogP contribution in [0.1, 0.15) is 39.2 Å². The fourth-order valence-electron chi connectivity index (χ4n) is 3.65. The van der Waals surface area contributed by atoms with Crippen molar-refractivity contribution in [2.45, 2.75) is 45.2 Å². The number of carbonyl (C=O) groups is 1. The third-order valence-corrected chi connectivity index (χ3v) is 5.76. The molecule has 0 aliphatic carbocycles. The first-order valence-electron chi connectivity index (χ1n) is 8.94. The molecule has 26 heavy (non-hydrogen) atoms. The van der Waals surface area contributed by atoms with E-state index in [-0.39, 0.29) is 17.9 Å². The number of ether oxygens (including phenoxy) is 1. The highest BCUT2D eigenvalue weighted by Gasteiger charge is 2.53. The Kier molecular flexibility index (Phi) is 4.69. The van der Waals surface area contributed by atoms with Crippen LogP contribution in [0.5, 0.6) is 0 Å². The third kappa shape index (κ3) is 2.94. The van der Waals surface area contributed by atoms with Crippen molar-refractivity contribution in [2.24, 2.45) is 16.1 Å². The number of benzene rings is 1. The van der Waals surface area contributed by atoms with Crippen LogP contribution in [0.3, 0.4) is 0 Å². The Balaban J connectivity index is 2.01. The van der Waals surface area contributed by atoms with Gasteiger partial charge in [-0.15, -0.1) is 0 Å². The van der Waals surface area contributed by atoms with Gasteiger partial charge < -0.3 is 15.8 Å². The van der Waals surface area contributed by atoms with Crippen molar-refractivity contribution in [3.8, 4) is 0 Å². The minimum absolute atomic E-state index is 0.0928. The van der Waals surface area contributed by atoms with Gasteiger partial charge in [-0.25, -0.2) is 9.38 Å². The molecule has 0 bridgehead atoms. The van der Waals surface area contributed by atoms with Crippen LogP contribution in [0, 0.1) is 11.2 Å². The number of amides is 1. The van der Waals surface area contributed by atoms with Crippen LogP contribution >= 0.6 is 0 Å². The molecule has 2 heterocycles. The zero-order valence-corrected chi connectivity index (χ0v) is 15.8. The van der Waals surface area contributed by atoms with E-state index in [1.165, 1.54) is 11.0 Å². The average Bonchev–Trinajstić information content (AvgIpc) is 2.61. The Morgan fingerprint density at radius 1 is 1.38 bits per heavy atom. The zero-order chi connectivity index (χ0) is 19.1. The number of hydrogen-bond donors (Lipinski definition) is 2. The quantitative estimate of drug-likeness (QED) is 0.866. The third-order valence-electron chi connectivity index (χ3n) is 5.76. The van der Waals surface area contributed by atoms with Gasteiger partial charge in [-0.3, -0.25) is 9.69 Å². The fourth-order valence-corrected chi connectivity index (χ4v) is 3.65. The highest BCUT2D eigenvalue weighted by atomic mass is 19.1. The summed E-state index contributed by atoms with van der Waals surface area (Å²) in [4.78, 5) is 18.6. The van der Waals surface area contributed by atoms with E-state index in [1.807, 2.05) is 0 Å². The first kappa shape index (κ1) is 18.6. The van der Waals surface area contributed by atoms with Gasteiger partial charge in [0.1, 0.15) is 11.4 Å². The predicted octanol–water partition coefficient (Wildman–Crippen LogP) is 2.44. The van der Waals surface area contributed by atoms with Crippen molar-refractivity contribution in [3.05, 3.63) is 29.6 Å². The molecular formula is C19H27FN4O2. The molecule has 1 aromatic rings. The minimum Gasteiger partial charge on any atom is -0.380 e. The molecule has 0 aromatic heterocycles. The molecule has 2 atom stereocenters. The number of nitrogens with two attached hydrogens (primary N) is 1. The number of anilines is 1. The van der Waals surface area contributed by atoms with E-state index in [0.717, 1.165) is 25.1 Å². The maximum Gasteiger partial charge on any atom is 0.237 e. The van der Waals surface area contributed by atoms with E-state index < -0.39 is 16.8 Å². The second kappa shape index (κ2) is 6.54. The van der Waals surface area contributed by atoms with Gasteiger partial charge >= 0.3 is 0 Å². The molecule has 2 aliphatic rings. The summed E-state index contributed by atoms with van der Waals surface area (Å²) >= 11 is 0. The monoisotopic (exact) mass is 362 g/mol. The van der Waals surface area contributed by atoms with E-state index in [0.29, 0.717) is 12.2 Å². The Morgan fingerprint density at radius 3 is 2.77 bits per heavy atom. The van der Waals surface area contributed by atoms with Gasteiger partial charge in [-0.05, 0) is 51.8 Å². The van der Waals surface area contributed by atoms with Gasteiger partial charge in [0, 0.05) is 30.9 Å². The summed E-state index contributed by atoms with van der Waals surface area (Å²) in [6.45, 7) is 6.72. The molecule has 2 unspecified atom stereocenters. The van der Waals surface area contributed by atoms with E-state index in [1.54, 1.807) is 40.0 Å². The van der Waals surface area contributed by atoms with Crippen molar-refractivity contribution in [2.75, 3.05) is 25.6 Å². The van der Waals surface area contributed by atoms with Crippen molar-refractivity contribution in [1.29, 1.82) is 0 Å². The molecule has 0 spiro atoms. The van der Waals surface area contributed by atoms with Gasteiger partial charge in [0.25, 0.3) is 0 Å². The number of nitrogens with zero attached hydrogens (tertiary/aromatic N) is 2. The molecule has 142 valence electrons. The largest absolute Gasteiger partial charge is 0.380 e. The number of hydrogen-bond acceptors (Lipinski definition) is 5. The lowest BCUT2D eigenvalue weighted by atomic mass is 9.67. The summed E-state index contributed by atoms with van der Waals surface area (Å²) < 4.78 is 20.3. The number of carbonyl (C=O) groups excluding carboxylic acids is 1. The average molecular weight is 362 g/mol. The van der Waals surface area contributed by atoms with Crippen LogP contribution in [0.2, 0.25) is 0 Å². The first-order valence-corrected chi connectivity index (χ1v) is 8.94. The Labute approximate surface area is 153 Å². The zero-order valence-electron chi connectivity index (χ0n) is 15.8. The smallest absolute Gasteiger partial charge is 0.237 e. The van der Waals surface area contributed by atoms with Crippen LogP contribution in [-0.4, -0.2) is 43.1 Å². The number of aliphatic imine (C=N–C) groups is 1. The van der Waals surface area contributed by atoms with Gasteiger partial charge in [-0.2, -0.15) is 0 Å². The van der Waals surface area contributed by atoms with Crippen LogP contribution in [0.4, 0.5) is 10.1 Å². The van der Waals surface area contributed by atoms with E-state index in [2.05, 4.69) is 10.3 Å². The van der Waals surface area contributed by atoms with Crippen LogP contribution in [0.25, 0.3) is 0 Å². The highest BCUT2D eigenvalue weighted by molar-refractivity contribution is 6.01. The number of rotatable bonds is 3. The van der Waals surface area contributed by atoms with E-state index in [9.17, 15) is 9.18 Å². The second-order valence-electron chi connectivity index (χ2n) is 7.78. The standard InChI is InChI=1S/C19H27FN4O2/c1-18(2)16(25)24(4)17(21)23-19(18,3)14-10-12(7-8-15(14)20)22-13-6-5-9-26-11-13/h7-8,10,13,22H,5-6,9,11H2,1-4H3,(H2,21,23). The van der Waals surface area contributed by atoms with Gasteiger partial charge in [0.2, 0.25) is 5.91 Å². The predicted molar refractivity (Wildman–Crippen MR) is 99.4 cm³/mol.